The van der Waals surface area contributed by atoms with Gasteiger partial charge in [0, 0.05) is 24.1 Å². The first kappa shape index (κ1) is 21.4. The fourth-order valence-electron chi connectivity index (χ4n) is 3.08. The fourth-order valence-corrected chi connectivity index (χ4v) is 4.03. The van der Waals surface area contributed by atoms with Crippen LogP contribution in [0.15, 0.2) is 47.6 Å². The highest BCUT2D eigenvalue weighted by Gasteiger charge is 2.13. The number of methoxy groups -OCH3 is 1. The number of nitrogens with zero attached hydrogens (tertiary/aromatic N) is 3. The van der Waals surface area contributed by atoms with E-state index in [0.29, 0.717) is 16.3 Å². The highest BCUT2D eigenvalue weighted by molar-refractivity contribution is 7.99. The Labute approximate surface area is 180 Å². The van der Waals surface area contributed by atoms with Crippen molar-refractivity contribution >= 4 is 29.1 Å². The first-order chi connectivity index (χ1) is 14.0. The van der Waals surface area contributed by atoms with Crippen molar-refractivity contribution in [2.24, 2.45) is 7.05 Å². The molecule has 0 aliphatic rings. The summed E-state index contributed by atoms with van der Waals surface area (Å²) in [6, 6.07) is 13.2. The van der Waals surface area contributed by atoms with Crippen molar-refractivity contribution in [3.05, 3.63) is 70.0 Å². The van der Waals surface area contributed by atoms with Crippen molar-refractivity contribution in [3.8, 4) is 5.75 Å². The lowest BCUT2D eigenvalue weighted by Crippen LogP contribution is -2.04. The van der Waals surface area contributed by atoms with Gasteiger partial charge in [0.05, 0.1) is 12.9 Å². The highest BCUT2D eigenvalue weighted by Crippen LogP contribution is 2.21. The van der Waals surface area contributed by atoms with Crippen molar-refractivity contribution in [3.63, 3.8) is 0 Å². The number of Topliss-reactive ketones (excluding diaryl/α,β-unsaturated/α-hetero) is 1. The maximum absolute atomic E-state index is 12.3. The van der Waals surface area contributed by atoms with Gasteiger partial charge in [-0.15, -0.1) is 10.2 Å². The van der Waals surface area contributed by atoms with Gasteiger partial charge in [-0.2, -0.15) is 0 Å². The van der Waals surface area contributed by atoms with Crippen LogP contribution in [0, 0.1) is 6.92 Å². The molecule has 0 fully saturated rings. The highest BCUT2D eigenvalue weighted by atomic mass is 35.5. The van der Waals surface area contributed by atoms with Gasteiger partial charge in [0.1, 0.15) is 11.6 Å². The van der Waals surface area contributed by atoms with Crippen LogP contribution in [-0.4, -0.2) is 33.4 Å². The van der Waals surface area contributed by atoms with E-state index in [2.05, 4.69) is 29.3 Å². The second-order valence-electron chi connectivity index (χ2n) is 6.83. The number of rotatable bonds is 9. The van der Waals surface area contributed by atoms with Gasteiger partial charge in [-0.25, -0.2) is 0 Å². The third-order valence-electron chi connectivity index (χ3n) is 4.75. The Kier molecular flexibility index (Phi) is 7.34. The van der Waals surface area contributed by atoms with Crippen LogP contribution >= 0.6 is 23.4 Å². The molecule has 0 aliphatic heterocycles. The number of benzene rings is 2. The zero-order valence-electron chi connectivity index (χ0n) is 16.8. The minimum absolute atomic E-state index is 0.0473. The third kappa shape index (κ3) is 5.61. The predicted molar refractivity (Wildman–Crippen MR) is 117 cm³/mol. The van der Waals surface area contributed by atoms with Crippen molar-refractivity contribution in [1.29, 1.82) is 0 Å². The Hall–Kier alpha value is -2.31. The molecule has 1 heterocycles. The number of ketones is 1. The molecule has 0 atom stereocenters. The SMILES string of the molecule is COc1ccc(CCCc2nnc(SCC(=O)c3ccc(Cl)cc3)n2C)cc1C. The van der Waals surface area contributed by atoms with E-state index in [1.807, 2.05) is 17.7 Å². The average molecular weight is 430 g/mol. The first-order valence-electron chi connectivity index (χ1n) is 9.41. The summed E-state index contributed by atoms with van der Waals surface area (Å²) in [5.41, 5.74) is 3.08. The van der Waals surface area contributed by atoms with E-state index in [4.69, 9.17) is 16.3 Å². The number of halogens is 1. The van der Waals surface area contributed by atoms with Crippen LogP contribution in [0.3, 0.4) is 0 Å². The second-order valence-corrected chi connectivity index (χ2v) is 8.21. The molecule has 152 valence electrons. The van der Waals surface area contributed by atoms with Gasteiger partial charge in [0.2, 0.25) is 0 Å². The summed E-state index contributed by atoms with van der Waals surface area (Å²) in [5, 5.41) is 9.92. The van der Waals surface area contributed by atoms with Crippen molar-refractivity contribution in [2.45, 2.75) is 31.3 Å². The maximum atomic E-state index is 12.3. The smallest absolute Gasteiger partial charge is 0.191 e. The molecule has 5 nitrogen and oxygen atoms in total. The molecule has 0 saturated heterocycles. The Morgan fingerprint density at radius 2 is 1.90 bits per heavy atom. The molecule has 0 bridgehead atoms. The summed E-state index contributed by atoms with van der Waals surface area (Å²) >= 11 is 7.27. The molecule has 0 aliphatic carbocycles. The van der Waals surface area contributed by atoms with Crippen LogP contribution in [0.5, 0.6) is 5.75 Å². The number of ether oxygens (including phenoxy) is 1. The molecule has 0 radical (unpaired) electrons. The van der Waals surface area contributed by atoms with Crippen molar-refractivity contribution in [1.82, 2.24) is 14.8 Å². The first-order valence-corrected chi connectivity index (χ1v) is 10.8. The lowest BCUT2D eigenvalue weighted by atomic mass is 10.0. The largest absolute Gasteiger partial charge is 0.496 e. The Morgan fingerprint density at radius 1 is 1.14 bits per heavy atom. The average Bonchev–Trinajstić information content (AvgIpc) is 3.06. The molecule has 3 aromatic rings. The zero-order valence-corrected chi connectivity index (χ0v) is 18.4. The van der Waals surface area contributed by atoms with E-state index in [-0.39, 0.29) is 5.78 Å². The summed E-state index contributed by atoms with van der Waals surface area (Å²) in [5.74, 6) is 2.21. The molecule has 3 rings (SSSR count). The summed E-state index contributed by atoms with van der Waals surface area (Å²) < 4.78 is 7.28. The number of hydrogen-bond acceptors (Lipinski definition) is 5. The topological polar surface area (TPSA) is 57.0 Å². The summed E-state index contributed by atoms with van der Waals surface area (Å²) in [7, 11) is 3.64. The minimum atomic E-state index is 0.0473. The lowest BCUT2D eigenvalue weighted by Gasteiger charge is -2.07. The number of carbonyl (C=O) groups is 1. The molecule has 0 spiro atoms. The molecule has 2 aromatic carbocycles. The molecular formula is C22H24ClN3O2S. The molecule has 0 saturated carbocycles. The zero-order chi connectivity index (χ0) is 20.8. The third-order valence-corrected chi connectivity index (χ3v) is 6.02. The molecular weight excluding hydrogens is 406 g/mol. The summed E-state index contributed by atoms with van der Waals surface area (Å²) in [6.07, 6.45) is 2.78. The van der Waals surface area contributed by atoms with Crippen molar-refractivity contribution < 1.29 is 9.53 Å². The second kappa shape index (κ2) is 9.94. The Bertz CT molecular complexity index is 986. The van der Waals surface area contributed by atoms with Crippen LogP contribution in [0.25, 0.3) is 0 Å². The van der Waals surface area contributed by atoms with Crippen LogP contribution in [0.4, 0.5) is 0 Å². The Morgan fingerprint density at radius 3 is 2.59 bits per heavy atom. The van der Waals surface area contributed by atoms with Crippen LogP contribution in [-0.2, 0) is 19.9 Å². The van der Waals surface area contributed by atoms with E-state index >= 15 is 0 Å². The normalized spacial score (nSPS) is 10.9. The fraction of sp³-hybridized carbons (Fsp3) is 0.318. The Balaban J connectivity index is 1.52. The van der Waals surface area contributed by atoms with Gasteiger partial charge in [-0.3, -0.25) is 4.79 Å². The van der Waals surface area contributed by atoms with E-state index in [1.165, 1.54) is 17.3 Å². The summed E-state index contributed by atoms with van der Waals surface area (Å²) in [6.45, 7) is 2.06. The van der Waals surface area contributed by atoms with Gasteiger partial charge in [0.25, 0.3) is 0 Å². The maximum Gasteiger partial charge on any atom is 0.191 e. The van der Waals surface area contributed by atoms with E-state index in [1.54, 1.807) is 31.4 Å². The van der Waals surface area contributed by atoms with E-state index < -0.39 is 0 Å². The number of carbonyl (C=O) groups excluding carboxylic acids is 1. The van der Waals surface area contributed by atoms with Crippen LogP contribution in [0.1, 0.15) is 33.7 Å². The van der Waals surface area contributed by atoms with Gasteiger partial charge in [0.15, 0.2) is 10.9 Å². The van der Waals surface area contributed by atoms with Crippen LogP contribution < -0.4 is 4.74 Å². The molecule has 29 heavy (non-hydrogen) atoms. The lowest BCUT2D eigenvalue weighted by molar-refractivity contribution is 0.102. The van der Waals surface area contributed by atoms with Gasteiger partial charge in [-0.1, -0.05) is 35.5 Å². The minimum Gasteiger partial charge on any atom is -0.496 e. The number of aromatic nitrogens is 3. The van der Waals surface area contributed by atoms with Gasteiger partial charge < -0.3 is 9.30 Å². The molecule has 1 aromatic heterocycles. The molecule has 0 unspecified atom stereocenters. The van der Waals surface area contributed by atoms with Gasteiger partial charge in [-0.05, 0) is 61.2 Å². The number of thioether (sulfide) groups is 1. The monoisotopic (exact) mass is 429 g/mol. The number of hydrogen-bond donors (Lipinski definition) is 0. The molecule has 0 N–H and O–H groups in total. The van der Waals surface area contributed by atoms with Gasteiger partial charge >= 0.3 is 0 Å². The van der Waals surface area contributed by atoms with E-state index in [9.17, 15) is 4.79 Å². The standard InChI is InChI=1S/C22H24ClN3O2S/c1-15-13-16(7-12-20(15)28-3)5-4-6-21-24-25-22(26(21)2)29-14-19(27)17-8-10-18(23)11-9-17/h7-13H,4-6,14H2,1-3H3. The predicted octanol–water partition coefficient (Wildman–Crippen LogP) is 4.94. The molecule has 7 heteroatoms. The van der Waals surface area contributed by atoms with Crippen molar-refractivity contribution in [2.75, 3.05) is 12.9 Å². The number of aryl methyl sites for hydroxylation is 3. The molecule has 0 amide bonds. The van der Waals surface area contributed by atoms with Crippen LogP contribution in [0.2, 0.25) is 5.02 Å². The summed E-state index contributed by atoms with van der Waals surface area (Å²) in [4.78, 5) is 12.3. The van der Waals surface area contributed by atoms with E-state index in [0.717, 1.165) is 41.6 Å². The quantitative estimate of drug-likeness (QED) is 0.356.